The Morgan fingerprint density at radius 3 is 2.18 bits per heavy atom. The van der Waals surface area contributed by atoms with Crippen molar-refractivity contribution in [3.05, 3.63) is 0 Å². The predicted octanol–water partition coefficient (Wildman–Crippen LogP) is 2.97. The summed E-state index contributed by atoms with van der Waals surface area (Å²) in [5.41, 5.74) is 0. The van der Waals surface area contributed by atoms with Crippen molar-refractivity contribution < 1.29 is 22.6 Å². The van der Waals surface area contributed by atoms with Crippen molar-refractivity contribution in [2.45, 2.75) is 45.8 Å². The molecule has 0 aromatic heterocycles. The van der Waals surface area contributed by atoms with E-state index in [1.54, 1.807) is 0 Å². The van der Waals surface area contributed by atoms with Gasteiger partial charge in [-0.2, -0.15) is 13.2 Å². The maximum Gasteiger partial charge on any atom is 0.403 e. The number of halogens is 4. The van der Waals surface area contributed by atoms with E-state index in [4.69, 9.17) is 9.47 Å². The summed E-state index contributed by atoms with van der Waals surface area (Å²) < 4.78 is 49.5. The van der Waals surface area contributed by atoms with Crippen LogP contribution < -0.4 is 5.32 Å². The van der Waals surface area contributed by atoms with E-state index in [-0.39, 0.29) is 24.0 Å². The molecule has 6 nitrogen and oxygen atoms in total. The Bertz CT molecular complexity index is 420. The van der Waals surface area contributed by atoms with E-state index in [1.165, 1.54) is 11.8 Å². The number of hydrogen-bond donors (Lipinski definition) is 1. The third-order valence-electron chi connectivity index (χ3n) is 4.48. The van der Waals surface area contributed by atoms with E-state index in [1.807, 2.05) is 11.8 Å². The van der Waals surface area contributed by atoms with Gasteiger partial charge in [-0.05, 0) is 20.3 Å². The lowest BCUT2D eigenvalue weighted by Gasteiger charge is -2.39. The van der Waals surface area contributed by atoms with E-state index in [2.05, 4.69) is 17.2 Å². The molecular formula is C18H36F3IN4O2. The first-order valence-electron chi connectivity index (χ1n) is 9.89. The van der Waals surface area contributed by atoms with Crippen LogP contribution in [0.4, 0.5) is 13.2 Å². The molecule has 1 N–H and O–H groups in total. The number of guanidine groups is 1. The van der Waals surface area contributed by atoms with Crippen LogP contribution in [0.15, 0.2) is 4.99 Å². The van der Waals surface area contributed by atoms with Crippen molar-refractivity contribution in [2.75, 3.05) is 65.7 Å². The second kappa shape index (κ2) is 15.5. The van der Waals surface area contributed by atoms with Crippen molar-refractivity contribution in [1.29, 1.82) is 0 Å². The number of ether oxygens (including phenoxy) is 2. The molecule has 0 bridgehead atoms. The number of aliphatic imine (C=N–C) groups is 1. The predicted molar refractivity (Wildman–Crippen MR) is 117 cm³/mol. The van der Waals surface area contributed by atoms with Crippen LogP contribution in [0, 0.1) is 0 Å². The average molecular weight is 524 g/mol. The molecule has 1 aliphatic rings. The van der Waals surface area contributed by atoms with Gasteiger partial charge >= 0.3 is 6.18 Å². The van der Waals surface area contributed by atoms with Crippen molar-refractivity contribution in [2.24, 2.45) is 4.99 Å². The summed E-state index contributed by atoms with van der Waals surface area (Å²) in [6.45, 7) is 10.7. The molecule has 1 rings (SSSR count). The second-order valence-corrected chi connectivity index (χ2v) is 6.55. The molecule has 1 saturated heterocycles. The van der Waals surface area contributed by atoms with Crippen LogP contribution in [0.25, 0.3) is 0 Å². The molecule has 0 spiro atoms. The van der Waals surface area contributed by atoms with Gasteiger partial charge in [0.05, 0.1) is 26.4 Å². The topological polar surface area (TPSA) is 49.3 Å². The summed E-state index contributed by atoms with van der Waals surface area (Å²) in [5.74, 6) is 0.736. The van der Waals surface area contributed by atoms with E-state index < -0.39 is 12.2 Å². The Morgan fingerprint density at radius 1 is 1.04 bits per heavy atom. The largest absolute Gasteiger partial charge is 0.403 e. The van der Waals surface area contributed by atoms with Crippen molar-refractivity contribution in [3.8, 4) is 0 Å². The molecule has 0 radical (unpaired) electrons. The average Bonchev–Trinajstić information content (AvgIpc) is 2.64. The lowest BCUT2D eigenvalue weighted by molar-refractivity contribution is -0.181. The SMILES string of the molecule is CCCCOCCOCCN=C(NCC)N1CCN(C(C)C(F)(F)F)CC1.I. The Balaban J connectivity index is 0.00000729. The van der Waals surface area contributed by atoms with Crippen molar-refractivity contribution in [3.63, 3.8) is 0 Å². The normalized spacial score (nSPS) is 17.4. The Kier molecular flexibility index (Phi) is 15.3. The lowest BCUT2D eigenvalue weighted by Crippen LogP contribution is -2.56. The van der Waals surface area contributed by atoms with Crippen LogP contribution in [0.2, 0.25) is 0 Å². The number of unbranched alkanes of at least 4 members (excludes halogenated alkanes) is 1. The standard InChI is InChI=1S/C18H35F3N4O2.HI/c1-4-6-12-26-14-15-27-13-7-23-17(22-5-2)25-10-8-24(9-11-25)16(3)18(19,20)21;/h16H,4-15H2,1-3H3,(H,22,23);1H. The molecule has 0 saturated carbocycles. The molecule has 1 unspecified atom stereocenters. The molecule has 1 heterocycles. The van der Waals surface area contributed by atoms with Gasteiger partial charge in [0.25, 0.3) is 0 Å². The number of nitrogens with one attached hydrogen (secondary N) is 1. The minimum absolute atomic E-state index is 0. The van der Waals surface area contributed by atoms with Gasteiger partial charge in [0, 0.05) is 39.3 Å². The molecule has 0 aromatic rings. The Morgan fingerprint density at radius 2 is 1.64 bits per heavy atom. The van der Waals surface area contributed by atoms with Crippen molar-refractivity contribution >= 4 is 29.9 Å². The van der Waals surface area contributed by atoms with Crippen LogP contribution in [-0.4, -0.2) is 93.7 Å². The fraction of sp³-hybridized carbons (Fsp3) is 0.944. The molecule has 168 valence electrons. The maximum absolute atomic E-state index is 12.9. The third kappa shape index (κ3) is 11.0. The van der Waals surface area contributed by atoms with Crippen LogP contribution >= 0.6 is 24.0 Å². The van der Waals surface area contributed by atoms with Crippen LogP contribution in [0.1, 0.15) is 33.6 Å². The molecule has 0 aromatic carbocycles. The Hall–Kier alpha value is -0.330. The Labute approximate surface area is 184 Å². The summed E-state index contributed by atoms with van der Waals surface area (Å²) >= 11 is 0. The third-order valence-corrected chi connectivity index (χ3v) is 4.48. The minimum atomic E-state index is -4.18. The highest BCUT2D eigenvalue weighted by molar-refractivity contribution is 14.0. The van der Waals surface area contributed by atoms with Gasteiger partial charge in [-0.1, -0.05) is 13.3 Å². The zero-order valence-electron chi connectivity index (χ0n) is 17.3. The molecule has 1 fully saturated rings. The van der Waals surface area contributed by atoms with Gasteiger partial charge in [0.1, 0.15) is 6.04 Å². The van der Waals surface area contributed by atoms with Gasteiger partial charge in [-0.25, -0.2) is 0 Å². The van der Waals surface area contributed by atoms with Crippen LogP contribution in [0.3, 0.4) is 0 Å². The number of nitrogens with zero attached hydrogens (tertiary/aromatic N) is 3. The highest BCUT2D eigenvalue weighted by atomic mass is 127. The number of alkyl halides is 3. The van der Waals surface area contributed by atoms with Crippen LogP contribution in [0.5, 0.6) is 0 Å². The maximum atomic E-state index is 12.9. The quantitative estimate of drug-likeness (QED) is 0.195. The zero-order valence-corrected chi connectivity index (χ0v) is 19.6. The van der Waals surface area contributed by atoms with E-state index in [9.17, 15) is 13.2 Å². The number of hydrogen-bond acceptors (Lipinski definition) is 4. The van der Waals surface area contributed by atoms with Gasteiger partial charge in [-0.15, -0.1) is 24.0 Å². The first-order chi connectivity index (χ1) is 12.9. The molecule has 1 aliphatic heterocycles. The fourth-order valence-electron chi connectivity index (χ4n) is 2.74. The van der Waals surface area contributed by atoms with Crippen molar-refractivity contribution in [1.82, 2.24) is 15.1 Å². The molecule has 0 amide bonds. The van der Waals surface area contributed by atoms with Gasteiger partial charge in [-0.3, -0.25) is 9.89 Å². The minimum Gasteiger partial charge on any atom is -0.379 e. The van der Waals surface area contributed by atoms with E-state index in [0.717, 1.165) is 25.4 Å². The first-order valence-corrected chi connectivity index (χ1v) is 9.89. The molecule has 28 heavy (non-hydrogen) atoms. The summed E-state index contributed by atoms with van der Waals surface area (Å²) in [5, 5.41) is 3.21. The smallest absolute Gasteiger partial charge is 0.379 e. The second-order valence-electron chi connectivity index (χ2n) is 6.55. The molecule has 0 aliphatic carbocycles. The summed E-state index contributed by atoms with van der Waals surface area (Å²) in [4.78, 5) is 8.01. The molecule has 1 atom stereocenters. The highest BCUT2D eigenvalue weighted by Crippen LogP contribution is 2.25. The first kappa shape index (κ1) is 27.7. The zero-order chi connectivity index (χ0) is 20.1. The highest BCUT2D eigenvalue weighted by Gasteiger charge is 2.41. The summed E-state index contributed by atoms with van der Waals surface area (Å²) in [7, 11) is 0. The van der Waals surface area contributed by atoms with Gasteiger partial charge in [0.15, 0.2) is 5.96 Å². The monoisotopic (exact) mass is 524 g/mol. The summed E-state index contributed by atoms with van der Waals surface area (Å²) in [6.07, 6.45) is -2.00. The molecule has 10 heteroatoms. The van der Waals surface area contributed by atoms with E-state index >= 15 is 0 Å². The van der Waals surface area contributed by atoms with Gasteiger partial charge < -0.3 is 19.7 Å². The summed E-state index contributed by atoms with van der Waals surface area (Å²) in [6, 6.07) is -1.41. The number of piperazine rings is 1. The van der Waals surface area contributed by atoms with E-state index in [0.29, 0.717) is 59.1 Å². The van der Waals surface area contributed by atoms with Crippen LogP contribution in [-0.2, 0) is 9.47 Å². The van der Waals surface area contributed by atoms with Gasteiger partial charge in [0.2, 0.25) is 0 Å². The lowest BCUT2D eigenvalue weighted by atomic mass is 10.2. The number of rotatable bonds is 11. The molecular weight excluding hydrogens is 488 g/mol. The fourth-order valence-corrected chi connectivity index (χ4v) is 2.74.